The van der Waals surface area contributed by atoms with Crippen molar-refractivity contribution in [2.75, 3.05) is 26.7 Å². The van der Waals surface area contributed by atoms with E-state index < -0.39 is 0 Å². The van der Waals surface area contributed by atoms with Crippen molar-refractivity contribution in [2.24, 2.45) is 17.3 Å². The Balaban J connectivity index is 1.82. The van der Waals surface area contributed by atoms with Gasteiger partial charge in [-0.15, -0.1) is 0 Å². The van der Waals surface area contributed by atoms with Crippen LogP contribution in [0, 0.1) is 17.3 Å². The van der Waals surface area contributed by atoms with Crippen molar-refractivity contribution in [2.45, 2.75) is 65.0 Å². The average Bonchev–Trinajstić information content (AvgIpc) is 2.30. The van der Waals surface area contributed by atoms with Crippen LogP contribution in [0.15, 0.2) is 0 Å². The summed E-state index contributed by atoms with van der Waals surface area (Å²) >= 11 is 0. The first-order valence-electron chi connectivity index (χ1n) is 8.49. The van der Waals surface area contributed by atoms with Crippen LogP contribution in [0.25, 0.3) is 0 Å². The highest BCUT2D eigenvalue weighted by atomic mass is 16.3. The topological polar surface area (TPSA) is 35.5 Å². The van der Waals surface area contributed by atoms with Gasteiger partial charge in [-0.1, -0.05) is 20.8 Å². The first kappa shape index (κ1) is 16.3. The van der Waals surface area contributed by atoms with Crippen LogP contribution in [0.1, 0.15) is 52.9 Å². The molecule has 3 nitrogen and oxygen atoms in total. The van der Waals surface area contributed by atoms with Gasteiger partial charge < -0.3 is 15.3 Å². The van der Waals surface area contributed by atoms with E-state index >= 15 is 0 Å². The predicted molar refractivity (Wildman–Crippen MR) is 84.8 cm³/mol. The fraction of sp³-hybridized carbons (Fsp3) is 1.00. The lowest BCUT2D eigenvalue weighted by atomic mass is 9.69. The Morgan fingerprint density at radius 3 is 2.55 bits per heavy atom. The number of aliphatic hydroxyl groups is 1. The molecule has 0 radical (unpaired) electrons. The summed E-state index contributed by atoms with van der Waals surface area (Å²) in [5.41, 5.74) is 0.504. The van der Waals surface area contributed by atoms with E-state index in [4.69, 9.17) is 0 Å². The molecule has 2 fully saturated rings. The van der Waals surface area contributed by atoms with Gasteiger partial charge in [0.2, 0.25) is 0 Å². The molecule has 0 aliphatic heterocycles. The molecule has 0 aromatic heterocycles. The van der Waals surface area contributed by atoms with Gasteiger partial charge in [-0.3, -0.25) is 0 Å². The van der Waals surface area contributed by atoms with Gasteiger partial charge >= 0.3 is 0 Å². The smallest absolute Gasteiger partial charge is 0.0546 e. The quantitative estimate of drug-likeness (QED) is 0.786. The van der Waals surface area contributed by atoms with Crippen molar-refractivity contribution in [1.82, 2.24) is 10.2 Å². The van der Waals surface area contributed by atoms with Crippen LogP contribution in [-0.2, 0) is 0 Å². The van der Waals surface area contributed by atoms with Crippen molar-refractivity contribution in [3.63, 3.8) is 0 Å². The second kappa shape index (κ2) is 6.76. The zero-order valence-corrected chi connectivity index (χ0v) is 13.9. The molecule has 0 spiro atoms. The van der Waals surface area contributed by atoms with Crippen molar-refractivity contribution in [1.29, 1.82) is 0 Å². The zero-order valence-electron chi connectivity index (χ0n) is 13.9. The lowest BCUT2D eigenvalue weighted by molar-refractivity contribution is 0.0215. The normalized spacial score (nSPS) is 36.9. The maximum atomic E-state index is 9.40. The fourth-order valence-electron chi connectivity index (χ4n) is 4.22. The van der Waals surface area contributed by atoms with E-state index in [1.54, 1.807) is 0 Å². The molecule has 2 aliphatic rings. The van der Waals surface area contributed by atoms with Crippen LogP contribution in [0.3, 0.4) is 0 Å². The van der Waals surface area contributed by atoms with E-state index in [1.807, 2.05) is 0 Å². The summed E-state index contributed by atoms with van der Waals surface area (Å²) in [4.78, 5) is 2.51. The molecule has 3 heteroatoms. The number of rotatable bonds is 6. The van der Waals surface area contributed by atoms with Crippen molar-refractivity contribution < 1.29 is 5.11 Å². The minimum Gasteiger partial charge on any atom is -0.393 e. The van der Waals surface area contributed by atoms with Crippen LogP contribution in [0.5, 0.6) is 0 Å². The molecule has 0 aromatic rings. The second-order valence-electron chi connectivity index (χ2n) is 8.04. The molecular formula is C17H34N2O. The Labute approximate surface area is 125 Å². The standard InChI is InChI=1S/C17H34N2O/c1-5-18-16-6-7-17(2,3)10-14(16)12-19(4)11-13-8-15(20)9-13/h13-16,18,20H,5-12H2,1-4H3. The summed E-state index contributed by atoms with van der Waals surface area (Å²) in [5, 5.41) is 13.1. The minimum atomic E-state index is -0.0171. The number of hydrogen-bond donors (Lipinski definition) is 2. The molecule has 2 aliphatic carbocycles. The van der Waals surface area contributed by atoms with E-state index in [1.165, 1.54) is 25.8 Å². The number of hydrogen-bond acceptors (Lipinski definition) is 3. The lowest BCUT2D eigenvalue weighted by Crippen LogP contribution is -2.48. The van der Waals surface area contributed by atoms with Crippen LogP contribution in [0.4, 0.5) is 0 Å². The van der Waals surface area contributed by atoms with Gasteiger partial charge in [0.15, 0.2) is 0 Å². The molecule has 0 heterocycles. The van der Waals surface area contributed by atoms with Gasteiger partial charge in [0.05, 0.1) is 6.10 Å². The molecule has 118 valence electrons. The van der Waals surface area contributed by atoms with Crippen LogP contribution in [-0.4, -0.2) is 48.8 Å². The van der Waals surface area contributed by atoms with E-state index in [9.17, 15) is 5.11 Å². The summed E-state index contributed by atoms with van der Waals surface area (Å²) < 4.78 is 0. The van der Waals surface area contributed by atoms with E-state index in [-0.39, 0.29) is 6.10 Å². The summed E-state index contributed by atoms with van der Waals surface area (Å²) in [6, 6.07) is 0.697. The maximum absolute atomic E-state index is 9.40. The summed E-state index contributed by atoms with van der Waals surface area (Å²) in [6.45, 7) is 10.5. The highest BCUT2D eigenvalue weighted by Gasteiger charge is 2.35. The van der Waals surface area contributed by atoms with Crippen molar-refractivity contribution in [3.8, 4) is 0 Å². The first-order valence-corrected chi connectivity index (χ1v) is 8.49. The largest absolute Gasteiger partial charge is 0.393 e. The zero-order chi connectivity index (χ0) is 14.8. The molecule has 2 saturated carbocycles. The van der Waals surface area contributed by atoms with Gasteiger partial charge in [-0.2, -0.15) is 0 Å². The highest BCUT2D eigenvalue weighted by molar-refractivity contribution is 4.90. The first-order chi connectivity index (χ1) is 9.39. The molecule has 20 heavy (non-hydrogen) atoms. The van der Waals surface area contributed by atoms with Gasteiger partial charge in [0.1, 0.15) is 0 Å². The summed E-state index contributed by atoms with van der Waals surface area (Å²) in [6.07, 6.45) is 6.01. The van der Waals surface area contributed by atoms with Gasteiger partial charge in [-0.05, 0) is 62.9 Å². The molecule has 2 atom stereocenters. The second-order valence-corrected chi connectivity index (χ2v) is 8.04. The van der Waals surface area contributed by atoms with E-state index in [2.05, 4.69) is 38.0 Å². The third kappa shape index (κ3) is 4.44. The molecule has 0 aromatic carbocycles. The van der Waals surface area contributed by atoms with Crippen LogP contribution < -0.4 is 5.32 Å². The Kier molecular flexibility index (Phi) is 5.49. The summed E-state index contributed by atoms with van der Waals surface area (Å²) in [7, 11) is 2.26. The van der Waals surface area contributed by atoms with Gasteiger partial charge in [0.25, 0.3) is 0 Å². The Morgan fingerprint density at radius 2 is 1.95 bits per heavy atom. The summed E-state index contributed by atoms with van der Waals surface area (Å²) in [5.74, 6) is 1.50. The predicted octanol–water partition coefficient (Wildman–Crippen LogP) is 2.49. The van der Waals surface area contributed by atoms with Crippen molar-refractivity contribution >= 4 is 0 Å². The third-order valence-electron chi connectivity index (χ3n) is 5.31. The van der Waals surface area contributed by atoms with Gasteiger partial charge in [0, 0.05) is 19.1 Å². The van der Waals surface area contributed by atoms with Crippen molar-refractivity contribution in [3.05, 3.63) is 0 Å². The van der Waals surface area contributed by atoms with Gasteiger partial charge in [-0.25, -0.2) is 0 Å². The maximum Gasteiger partial charge on any atom is 0.0546 e. The fourth-order valence-corrected chi connectivity index (χ4v) is 4.22. The monoisotopic (exact) mass is 282 g/mol. The average molecular weight is 282 g/mol. The highest BCUT2D eigenvalue weighted by Crippen LogP contribution is 2.39. The molecule has 0 amide bonds. The molecule has 0 bridgehead atoms. The Hall–Kier alpha value is -0.120. The Bertz CT molecular complexity index is 299. The van der Waals surface area contributed by atoms with E-state index in [0.717, 1.165) is 37.8 Å². The van der Waals surface area contributed by atoms with Crippen LogP contribution in [0.2, 0.25) is 0 Å². The number of nitrogens with zero attached hydrogens (tertiary/aromatic N) is 1. The molecule has 2 rings (SSSR count). The number of aliphatic hydroxyl groups excluding tert-OH is 1. The minimum absolute atomic E-state index is 0.0171. The molecular weight excluding hydrogens is 248 g/mol. The number of nitrogens with one attached hydrogen (secondary N) is 1. The molecule has 0 saturated heterocycles. The van der Waals surface area contributed by atoms with Crippen LogP contribution >= 0.6 is 0 Å². The van der Waals surface area contributed by atoms with E-state index in [0.29, 0.717) is 11.5 Å². The lowest BCUT2D eigenvalue weighted by Gasteiger charge is -2.43. The third-order valence-corrected chi connectivity index (χ3v) is 5.31. The molecule has 2 unspecified atom stereocenters. The molecule has 2 N–H and O–H groups in total. The Morgan fingerprint density at radius 1 is 1.25 bits per heavy atom. The SMILES string of the molecule is CCNC1CCC(C)(C)CC1CN(C)CC1CC(O)C1.